The first-order valence-corrected chi connectivity index (χ1v) is 6.61. The van der Waals surface area contributed by atoms with Gasteiger partial charge in [0, 0.05) is 17.2 Å². The van der Waals surface area contributed by atoms with Gasteiger partial charge in [-0.1, -0.05) is 0 Å². The summed E-state index contributed by atoms with van der Waals surface area (Å²) in [5, 5.41) is 0. The highest BCUT2D eigenvalue weighted by molar-refractivity contribution is 5.49. The first-order valence-electron chi connectivity index (χ1n) is 6.61. The molecule has 0 amide bonds. The van der Waals surface area contributed by atoms with E-state index in [1.807, 2.05) is 12.1 Å². The number of hydrogen-bond acceptors (Lipinski definition) is 4. The molecule has 0 saturated heterocycles. The molecular formula is C15H24N2O2. The predicted octanol–water partition coefficient (Wildman–Crippen LogP) is 2.11. The van der Waals surface area contributed by atoms with Crippen LogP contribution in [0.25, 0.3) is 0 Å². The van der Waals surface area contributed by atoms with E-state index in [1.54, 1.807) is 14.2 Å². The van der Waals surface area contributed by atoms with Crippen LogP contribution in [0.3, 0.4) is 0 Å². The summed E-state index contributed by atoms with van der Waals surface area (Å²) in [4.78, 5) is 2.18. The van der Waals surface area contributed by atoms with Crippen LogP contribution < -0.4 is 15.2 Å². The Kier molecular flexibility index (Phi) is 3.74. The van der Waals surface area contributed by atoms with E-state index >= 15 is 0 Å². The molecule has 19 heavy (non-hydrogen) atoms. The standard InChI is InChI=1S/C15H24N2O2/c1-10-8-11(18-4)9-12(19-5)13(10)14(17(2)3)15(16)6-7-15/h8-9,14H,6-7,16H2,1-5H3. The van der Waals surface area contributed by atoms with E-state index in [1.165, 1.54) is 5.56 Å². The summed E-state index contributed by atoms with van der Waals surface area (Å²) in [6.07, 6.45) is 2.12. The predicted molar refractivity (Wildman–Crippen MR) is 76.9 cm³/mol. The molecule has 1 saturated carbocycles. The molecule has 2 rings (SSSR count). The number of nitrogens with zero attached hydrogens (tertiary/aromatic N) is 1. The van der Waals surface area contributed by atoms with Crippen molar-refractivity contribution >= 4 is 0 Å². The van der Waals surface area contributed by atoms with Gasteiger partial charge in [0.15, 0.2) is 0 Å². The maximum Gasteiger partial charge on any atom is 0.127 e. The highest BCUT2D eigenvalue weighted by Gasteiger charge is 2.48. The van der Waals surface area contributed by atoms with Gasteiger partial charge in [0.1, 0.15) is 11.5 Å². The van der Waals surface area contributed by atoms with Gasteiger partial charge in [0.2, 0.25) is 0 Å². The van der Waals surface area contributed by atoms with Crippen LogP contribution in [0.1, 0.15) is 30.0 Å². The zero-order valence-corrected chi connectivity index (χ0v) is 12.5. The minimum absolute atomic E-state index is 0.129. The van der Waals surface area contributed by atoms with E-state index in [-0.39, 0.29) is 11.6 Å². The van der Waals surface area contributed by atoms with Gasteiger partial charge in [-0.2, -0.15) is 0 Å². The van der Waals surface area contributed by atoms with Gasteiger partial charge in [0.05, 0.1) is 20.3 Å². The monoisotopic (exact) mass is 264 g/mol. The molecule has 0 spiro atoms. The van der Waals surface area contributed by atoms with Crippen molar-refractivity contribution in [2.45, 2.75) is 31.3 Å². The molecule has 4 nitrogen and oxygen atoms in total. The fourth-order valence-electron chi connectivity index (χ4n) is 2.85. The lowest BCUT2D eigenvalue weighted by atomic mass is 9.92. The second-order valence-corrected chi connectivity index (χ2v) is 5.66. The maximum absolute atomic E-state index is 6.46. The summed E-state index contributed by atoms with van der Waals surface area (Å²) < 4.78 is 10.9. The van der Waals surface area contributed by atoms with Crippen molar-refractivity contribution in [3.63, 3.8) is 0 Å². The van der Waals surface area contributed by atoms with Crippen LogP contribution in [-0.4, -0.2) is 38.8 Å². The molecule has 0 aromatic heterocycles. The number of ether oxygens (including phenoxy) is 2. The van der Waals surface area contributed by atoms with E-state index in [9.17, 15) is 0 Å². The fourth-order valence-corrected chi connectivity index (χ4v) is 2.85. The van der Waals surface area contributed by atoms with Crippen LogP contribution in [0.5, 0.6) is 11.5 Å². The van der Waals surface area contributed by atoms with Gasteiger partial charge >= 0.3 is 0 Å². The van der Waals surface area contributed by atoms with Crippen molar-refractivity contribution in [3.8, 4) is 11.5 Å². The van der Waals surface area contributed by atoms with E-state index in [4.69, 9.17) is 15.2 Å². The van der Waals surface area contributed by atoms with Crippen molar-refractivity contribution in [2.24, 2.45) is 5.73 Å². The summed E-state index contributed by atoms with van der Waals surface area (Å²) in [6, 6.07) is 4.15. The molecular weight excluding hydrogens is 240 g/mol. The lowest BCUT2D eigenvalue weighted by molar-refractivity contribution is 0.237. The Balaban J connectivity index is 2.53. The van der Waals surface area contributed by atoms with Crippen molar-refractivity contribution in [2.75, 3.05) is 28.3 Å². The number of benzene rings is 1. The largest absolute Gasteiger partial charge is 0.497 e. The second-order valence-electron chi connectivity index (χ2n) is 5.66. The Morgan fingerprint density at radius 2 is 1.84 bits per heavy atom. The summed E-state index contributed by atoms with van der Waals surface area (Å²) in [6.45, 7) is 2.09. The van der Waals surface area contributed by atoms with E-state index < -0.39 is 0 Å². The van der Waals surface area contributed by atoms with E-state index in [0.29, 0.717) is 0 Å². The Hall–Kier alpha value is -1.26. The maximum atomic E-state index is 6.46. The fraction of sp³-hybridized carbons (Fsp3) is 0.600. The molecule has 1 aromatic carbocycles. The zero-order valence-electron chi connectivity index (χ0n) is 12.5. The summed E-state index contributed by atoms with van der Waals surface area (Å²) >= 11 is 0. The lowest BCUT2D eigenvalue weighted by Crippen LogP contribution is -2.40. The highest BCUT2D eigenvalue weighted by Crippen LogP contribution is 2.49. The van der Waals surface area contributed by atoms with Crippen LogP contribution in [-0.2, 0) is 0 Å². The van der Waals surface area contributed by atoms with E-state index in [0.717, 1.165) is 29.9 Å². The van der Waals surface area contributed by atoms with Crippen molar-refractivity contribution < 1.29 is 9.47 Å². The molecule has 1 aliphatic rings. The number of hydrogen-bond donors (Lipinski definition) is 1. The average molecular weight is 264 g/mol. The molecule has 106 valence electrons. The Labute approximate surface area is 115 Å². The number of aryl methyl sites for hydroxylation is 1. The number of likely N-dealkylation sites (N-methyl/N-ethyl adjacent to an activating group) is 1. The molecule has 1 fully saturated rings. The van der Waals surface area contributed by atoms with Crippen molar-refractivity contribution in [1.82, 2.24) is 4.90 Å². The normalized spacial score (nSPS) is 18.3. The van der Waals surface area contributed by atoms with Gasteiger partial charge in [0.25, 0.3) is 0 Å². The number of rotatable bonds is 5. The zero-order chi connectivity index (χ0) is 14.2. The first-order chi connectivity index (χ1) is 8.92. The average Bonchev–Trinajstić information content (AvgIpc) is 3.09. The molecule has 1 atom stereocenters. The van der Waals surface area contributed by atoms with Crippen molar-refractivity contribution in [1.29, 1.82) is 0 Å². The van der Waals surface area contributed by atoms with Crippen LogP contribution >= 0.6 is 0 Å². The molecule has 0 radical (unpaired) electrons. The molecule has 1 unspecified atom stereocenters. The first kappa shape index (κ1) is 14.2. The third-order valence-electron chi connectivity index (χ3n) is 3.94. The molecule has 0 bridgehead atoms. The highest BCUT2D eigenvalue weighted by atomic mass is 16.5. The number of nitrogens with two attached hydrogens (primary N) is 1. The number of methoxy groups -OCH3 is 2. The Bertz CT molecular complexity index is 467. The van der Waals surface area contributed by atoms with Crippen LogP contribution in [0.2, 0.25) is 0 Å². The second kappa shape index (κ2) is 5.02. The molecule has 2 N–H and O–H groups in total. The van der Waals surface area contributed by atoms with Gasteiger partial charge in [-0.15, -0.1) is 0 Å². The summed E-state index contributed by atoms with van der Waals surface area (Å²) in [7, 11) is 7.50. The Morgan fingerprint density at radius 3 is 2.26 bits per heavy atom. The molecule has 0 aliphatic heterocycles. The molecule has 1 aromatic rings. The molecule has 1 aliphatic carbocycles. The van der Waals surface area contributed by atoms with Gasteiger partial charge in [-0.3, -0.25) is 0 Å². The van der Waals surface area contributed by atoms with Crippen LogP contribution in [0.15, 0.2) is 12.1 Å². The molecule has 4 heteroatoms. The minimum atomic E-state index is -0.129. The summed E-state index contributed by atoms with van der Waals surface area (Å²) in [5.74, 6) is 1.67. The minimum Gasteiger partial charge on any atom is -0.497 e. The van der Waals surface area contributed by atoms with Crippen molar-refractivity contribution in [3.05, 3.63) is 23.3 Å². The quantitative estimate of drug-likeness (QED) is 0.885. The van der Waals surface area contributed by atoms with Gasteiger partial charge in [-0.25, -0.2) is 0 Å². The smallest absolute Gasteiger partial charge is 0.127 e. The Morgan fingerprint density at radius 1 is 1.21 bits per heavy atom. The van der Waals surface area contributed by atoms with Gasteiger partial charge in [-0.05, 0) is 45.5 Å². The molecule has 0 heterocycles. The van der Waals surface area contributed by atoms with E-state index in [2.05, 4.69) is 25.9 Å². The lowest BCUT2D eigenvalue weighted by Gasteiger charge is -2.33. The van der Waals surface area contributed by atoms with Crippen LogP contribution in [0, 0.1) is 6.92 Å². The SMILES string of the molecule is COc1cc(C)c(C(N(C)C)C2(N)CC2)c(OC)c1. The third kappa shape index (κ3) is 2.55. The third-order valence-corrected chi connectivity index (χ3v) is 3.94. The summed E-state index contributed by atoms with van der Waals surface area (Å²) in [5.41, 5.74) is 8.66. The topological polar surface area (TPSA) is 47.7 Å². The van der Waals surface area contributed by atoms with Crippen LogP contribution in [0.4, 0.5) is 0 Å². The van der Waals surface area contributed by atoms with Gasteiger partial charge < -0.3 is 20.1 Å².